The van der Waals surface area contributed by atoms with Crippen molar-refractivity contribution in [1.82, 2.24) is 4.90 Å². The van der Waals surface area contributed by atoms with Crippen molar-refractivity contribution in [2.75, 3.05) is 6.54 Å². The van der Waals surface area contributed by atoms with E-state index in [1.54, 1.807) is 6.92 Å². The van der Waals surface area contributed by atoms with Gasteiger partial charge in [-0.25, -0.2) is 4.39 Å². The second-order valence-corrected chi connectivity index (χ2v) is 4.80. The number of benzene rings is 1. The van der Waals surface area contributed by atoms with Crippen LogP contribution in [0.3, 0.4) is 0 Å². The predicted molar refractivity (Wildman–Crippen MR) is 65.1 cm³/mol. The van der Waals surface area contributed by atoms with Crippen LogP contribution in [0.5, 0.6) is 0 Å². The van der Waals surface area contributed by atoms with Gasteiger partial charge in [0.15, 0.2) is 0 Å². The van der Waals surface area contributed by atoms with Gasteiger partial charge in [0.05, 0.1) is 0 Å². The van der Waals surface area contributed by atoms with Gasteiger partial charge in [-0.1, -0.05) is 12.1 Å². The van der Waals surface area contributed by atoms with Gasteiger partial charge in [-0.05, 0) is 44.0 Å². The number of rotatable bonds is 4. The summed E-state index contributed by atoms with van der Waals surface area (Å²) in [7, 11) is 0. The van der Waals surface area contributed by atoms with E-state index < -0.39 is 0 Å². The Bertz CT molecular complexity index is 388. The number of nitrogens with zero attached hydrogens (tertiary/aromatic N) is 1. The molecule has 1 aliphatic heterocycles. The molecule has 0 N–H and O–H groups in total. The van der Waals surface area contributed by atoms with Gasteiger partial charge in [0, 0.05) is 19.0 Å². The van der Waals surface area contributed by atoms with Crippen LogP contribution in [-0.2, 0) is 11.3 Å². The Morgan fingerprint density at radius 2 is 2.12 bits per heavy atom. The minimum absolute atomic E-state index is 0.199. The Labute approximate surface area is 101 Å². The summed E-state index contributed by atoms with van der Waals surface area (Å²) in [5.74, 6) is 0.0523. The zero-order valence-corrected chi connectivity index (χ0v) is 10.2. The standard InChI is InChI=1S/C14H18FNO/c1-11(17)9-14-3-2-8-16(14)10-12-4-6-13(15)7-5-12/h4-7,14H,2-3,8-10H2,1H3. The van der Waals surface area contributed by atoms with E-state index in [-0.39, 0.29) is 11.6 Å². The molecule has 0 aliphatic carbocycles. The fourth-order valence-corrected chi connectivity index (χ4v) is 2.49. The first-order chi connectivity index (χ1) is 8.15. The molecule has 3 heteroatoms. The van der Waals surface area contributed by atoms with Gasteiger partial charge in [-0.2, -0.15) is 0 Å². The van der Waals surface area contributed by atoms with E-state index in [0.717, 1.165) is 31.5 Å². The first-order valence-electron chi connectivity index (χ1n) is 6.13. The molecule has 0 bridgehead atoms. The molecule has 2 nitrogen and oxygen atoms in total. The summed E-state index contributed by atoms with van der Waals surface area (Å²) in [5, 5.41) is 0. The lowest BCUT2D eigenvalue weighted by Gasteiger charge is -2.23. The first-order valence-corrected chi connectivity index (χ1v) is 6.13. The van der Waals surface area contributed by atoms with E-state index in [1.807, 2.05) is 12.1 Å². The number of halogens is 1. The van der Waals surface area contributed by atoms with E-state index >= 15 is 0 Å². The van der Waals surface area contributed by atoms with E-state index in [4.69, 9.17) is 0 Å². The third-order valence-corrected chi connectivity index (χ3v) is 3.32. The first kappa shape index (κ1) is 12.2. The summed E-state index contributed by atoms with van der Waals surface area (Å²) in [4.78, 5) is 13.5. The van der Waals surface area contributed by atoms with Crippen molar-refractivity contribution in [1.29, 1.82) is 0 Å². The van der Waals surface area contributed by atoms with Crippen molar-refractivity contribution in [3.63, 3.8) is 0 Å². The van der Waals surface area contributed by atoms with Crippen LogP contribution >= 0.6 is 0 Å². The van der Waals surface area contributed by atoms with E-state index in [0.29, 0.717) is 12.5 Å². The Kier molecular flexibility index (Phi) is 3.89. The molecule has 1 aromatic rings. The van der Waals surface area contributed by atoms with Crippen molar-refractivity contribution >= 4 is 5.78 Å². The summed E-state index contributed by atoms with van der Waals surface area (Å²) < 4.78 is 12.8. The van der Waals surface area contributed by atoms with Gasteiger partial charge < -0.3 is 0 Å². The molecule has 0 spiro atoms. The molecule has 1 saturated heterocycles. The monoisotopic (exact) mass is 235 g/mol. The normalized spacial score (nSPS) is 20.7. The second-order valence-electron chi connectivity index (χ2n) is 4.80. The zero-order valence-electron chi connectivity index (χ0n) is 10.2. The number of carbonyl (C=O) groups excluding carboxylic acids is 1. The topological polar surface area (TPSA) is 20.3 Å². The highest BCUT2D eigenvalue weighted by Crippen LogP contribution is 2.22. The molecular weight excluding hydrogens is 217 g/mol. The lowest BCUT2D eigenvalue weighted by molar-refractivity contribution is -0.118. The summed E-state index contributed by atoms with van der Waals surface area (Å²) in [5.41, 5.74) is 1.11. The molecule has 0 amide bonds. The van der Waals surface area contributed by atoms with Crippen molar-refractivity contribution < 1.29 is 9.18 Å². The Morgan fingerprint density at radius 3 is 2.76 bits per heavy atom. The van der Waals surface area contributed by atoms with Gasteiger partial charge in [-0.3, -0.25) is 9.69 Å². The maximum atomic E-state index is 12.8. The molecule has 1 fully saturated rings. The van der Waals surface area contributed by atoms with Crippen LogP contribution in [0.1, 0.15) is 31.7 Å². The van der Waals surface area contributed by atoms with Crippen molar-refractivity contribution in [3.8, 4) is 0 Å². The minimum Gasteiger partial charge on any atom is -0.300 e. The summed E-state index contributed by atoms with van der Waals surface area (Å²) >= 11 is 0. The summed E-state index contributed by atoms with van der Waals surface area (Å²) in [6.07, 6.45) is 2.89. The van der Waals surface area contributed by atoms with Gasteiger partial charge in [0.2, 0.25) is 0 Å². The quantitative estimate of drug-likeness (QED) is 0.799. The second kappa shape index (κ2) is 5.41. The molecule has 1 atom stereocenters. The molecule has 92 valence electrons. The van der Waals surface area contributed by atoms with Crippen molar-refractivity contribution in [3.05, 3.63) is 35.6 Å². The smallest absolute Gasteiger partial charge is 0.131 e. The number of hydrogen-bond donors (Lipinski definition) is 0. The number of carbonyl (C=O) groups is 1. The molecule has 1 unspecified atom stereocenters. The van der Waals surface area contributed by atoms with Crippen LogP contribution in [0.2, 0.25) is 0 Å². The van der Waals surface area contributed by atoms with Crippen LogP contribution in [-0.4, -0.2) is 23.3 Å². The molecule has 1 aromatic carbocycles. The SMILES string of the molecule is CC(=O)CC1CCCN1Cc1ccc(F)cc1. The minimum atomic E-state index is -0.199. The molecule has 2 rings (SSSR count). The highest BCUT2D eigenvalue weighted by atomic mass is 19.1. The molecule has 0 aromatic heterocycles. The number of hydrogen-bond acceptors (Lipinski definition) is 2. The largest absolute Gasteiger partial charge is 0.300 e. The fraction of sp³-hybridized carbons (Fsp3) is 0.500. The molecule has 1 aliphatic rings. The Hall–Kier alpha value is -1.22. The molecule has 17 heavy (non-hydrogen) atoms. The van der Waals surface area contributed by atoms with Crippen LogP contribution in [0.25, 0.3) is 0 Å². The van der Waals surface area contributed by atoms with Crippen LogP contribution in [0, 0.1) is 5.82 Å². The van der Waals surface area contributed by atoms with Gasteiger partial charge in [0.1, 0.15) is 11.6 Å². The Morgan fingerprint density at radius 1 is 1.41 bits per heavy atom. The highest BCUT2D eigenvalue weighted by molar-refractivity contribution is 5.76. The third-order valence-electron chi connectivity index (χ3n) is 3.32. The maximum Gasteiger partial charge on any atom is 0.131 e. The predicted octanol–water partition coefficient (Wildman–Crippen LogP) is 2.77. The lowest BCUT2D eigenvalue weighted by atomic mass is 10.1. The average Bonchev–Trinajstić information content (AvgIpc) is 2.68. The zero-order chi connectivity index (χ0) is 12.3. The van der Waals surface area contributed by atoms with Gasteiger partial charge in [-0.15, -0.1) is 0 Å². The number of ketones is 1. The molecule has 0 saturated carbocycles. The lowest BCUT2D eigenvalue weighted by Crippen LogP contribution is -2.30. The van der Waals surface area contributed by atoms with Crippen LogP contribution in [0.4, 0.5) is 4.39 Å². The van der Waals surface area contributed by atoms with Gasteiger partial charge in [0.25, 0.3) is 0 Å². The molecular formula is C14H18FNO. The fourth-order valence-electron chi connectivity index (χ4n) is 2.49. The van der Waals surface area contributed by atoms with E-state index in [9.17, 15) is 9.18 Å². The van der Waals surface area contributed by atoms with Crippen LogP contribution in [0.15, 0.2) is 24.3 Å². The summed E-state index contributed by atoms with van der Waals surface area (Å²) in [6, 6.07) is 6.99. The number of likely N-dealkylation sites (tertiary alicyclic amines) is 1. The van der Waals surface area contributed by atoms with Crippen molar-refractivity contribution in [2.45, 2.75) is 38.8 Å². The molecule has 0 radical (unpaired) electrons. The Balaban J connectivity index is 1.97. The average molecular weight is 235 g/mol. The summed E-state index contributed by atoms with van der Waals surface area (Å²) in [6.45, 7) is 3.50. The molecule has 1 heterocycles. The third kappa shape index (κ3) is 3.37. The van der Waals surface area contributed by atoms with E-state index in [2.05, 4.69) is 4.90 Å². The number of Topliss-reactive ketones (excluding diaryl/α,β-unsaturated/α-hetero) is 1. The maximum absolute atomic E-state index is 12.8. The van der Waals surface area contributed by atoms with Gasteiger partial charge >= 0.3 is 0 Å². The van der Waals surface area contributed by atoms with Crippen LogP contribution < -0.4 is 0 Å². The van der Waals surface area contributed by atoms with Crippen molar-refractivity contribution in [2.24, 2.45) is 0 Å². The highest BCUT2D eigenvalue weighted by Gasteiger charge is 2.25. The van der Waals surface area contributed by atoms with E-state index in [1.165, 1.54) is 12.1 Å².